The van der Waals surface area contributed by atoms with Crippen molar-refractivity contribution >= 4 is 27.3 Å². The molecule has 138 valence electrons. The summed E-state index contributed by atoms with van der Waals surface area (Å²) in [6, 6.07) is 5.45. The molecule has 2 aromatic rings. The van der Waals surface area contributed by atoms with Gasteiger partial charge >= 0.3 is 0 Å². The Hall–Kier alpha value is -2.35. The number of sulfonamides is 1. The van der Waals surface area contributed by atoms with E-state index in [1.165, 1.54) is 10.6 Å². The molecular weight excluding hydrogens is 352 g/mol. The summed E-state index contributed by atoms with van der Waals surface area (Å²) in [5, 5.41) is 10.0. The van der Waals surface area contributed by atoms with Crippen molar-refractivity contribution in [1.29, 1.82) is 0 Å². The number of carbonyl (C=O) groups excluding carboxylic acids is 1. The van der Waals surface area contributed by atoms with Gasteiger partial charge in [0.25, 0.3) is 5.91 Å². The number of aromatic nitrogens is 2. The highest BCUT2D eigenvalue weighted by Crippen LogP contribution is 2.32. The first-order valence-electron chi connectivity index (χ1n) is 8.91. The standard InChI is InChI=1S/C18H22N4O3S/c1-26(24,25)22-10-4-5-12-8-9-13(11-16(12)22)19-18(23)17-14-6-2-3-7-15(14)20-21-17/h8-9,11H,2-7,10H2,1H3,(H,19,23)(H,20,21). The SMILES string of the molecule is CS(=O)(=O)N1CCCc2ccc(NC(=O)c3n[nH]c4c3CCCC4)cc21. The lowest BCUT2D eigenvalue weighted by Gasteiger charge is -2.29. The number of anilines is 2. The van der Waals surface area contributed by atoms with Crippen LogP contribution in [0.2, 0.25) is 0 Å². The maximum absolute atomic E-state index is 12.7. The Balaban J connectivity index is 1.61. The van der Waals surface area contributed by atoms with Gasteiger partial charge in [0.15, 0.2) is 5.69 Å². The van der Waals surface area contributed by atoms with Gasteiger partial charge in [-0.05, 0) is 56.2 Å². The van der Waals surface area contributed by atoms with Crippen LogP contribution >= 0.6 is 0 Å². The number of benzene rings is 1. The number of aromatic amines is 1. The predicted octanol–water partition coefficient (Wildman–Crippen LogP) is 2.25. The van der Waals surface area contributed by atoms with Crippen LogP contribution in [0.5, 0.6) is 0 Å². The molecule has 1 aliphatic heterocycles. The zero-order valence-electron chi connectivity index (χ0n) is 14.7. The highest BCUT2D eigenvalue weighted by molar-refractivity contribution is 7.92. The number of fused-ring (bicyclic) bond motifs is 2. The molecule has 1 aromatic heterocycles. The fourth-order valence-corrected chi connectivity index (χ4v) is 4.81. The number of H-pyrrole nitrogens is 1. The number of amides is 1. The lowest BCUT2D eigenvalue weighted by Crippen LogP contribution is -2.34. The summed E-state index contributed by atoms with van der Waals surface area (Å²) in [5.41, 5.74) is 4.71. The van der Waals surface area contributed by atoms with Gasteiger partial charge in [-0.3, -0.25) is 14.2 Å². The van der Waals surface area contributed by atoms with E-state index < -0.39 is 10.0 Å². The highest BCUT2D eigenvalue weighted by Gasteiger charge is 2.25. The Kier molecular flexibility index (Phi) is 4.22. The molecule has 0 saturated carbocycles. The number of carbonyl (C=O) groups is 1. The van der Waals surface area contributed by atoms with Gasteiger partial charge in [-0.2, -0.15) is 5.10 Å². The molecule has 1 aliphatic carbocycles. The van der Waals surface area contributed by atoms with E-state index in [-0.39, 0.29) is 5.91 Å². The molecule has 2 heterocycles. The molecule has 0 fully saturated rings. The zero-order valence-corrected chi connectivity index (χ0v) is 15.5. The van der Waals surface area contributed by atoms with Crippen molar-refractivity contribution in [3.8, 4) is 0 Å². The monoisotopic (exact) mass is 374 g/mol. The van der Waals surface area contributed by atoms with Gasteiger partial charge < -0.3 is 5.32 Å². The minimum atomic E-state index is -3.34. The quantitative estimate of drug-likeness (QED) is 0.861. The van der Waals surface area contributed by atoms with Crippen molar-refractivity contribution in [2.45, 2.75) is 38.5 Å². The number of nitrogens with one attached hydrogen (secondary N) is 2. The van der Waals surface area contributed by atoms with Gasteiger partial charge in [0.2, 0.25) is 10.0 Å². The van der Waals surface area contributed by atoms with Crippen molar-refractivity contribution in [3.63, 3.8) is 0 Å². The van der Waals surface area contributed by atoms with E-state index in [0.717, 1.165) is 55.3 Å². The van der Waals surface area contributed by atoms with Crippen molar-refractivity contribution in [3.05, 3.63) is 40.7 Å². The molecule has 4 rings (SSSR count). The fourth-order valence-electron chi connectivity index (χ4n) is 3.82. The van der Waals surface area contributed by atoms with Crippen LogP contribution in [0.1, 0.15) is 46.6 Å². The molecule has 7 nitrogen and oxygen atoms in total. The first-order chi connectivity index (χ1) is 12.4. The Morgan fingerprint density at radius 1 is 1.19 bits per heavy atom. The van der Waals surface area contributed by atoms with Gasteiger partial charge in [-0.25, -0.2) is 8.42 Å². The second-order valence-electron chi connectivity index (χ2n) is 6.97. The van der Waals surface area contributed by atoms with Crippen molar-refractivity contribution in [2.24, 2.45) is 0 Å². The Labute approximate surface area is 152 Å². The summed E-state index contributed by atoms with van der Waals surface area (Å²) in [4.78, 5) is 12.7. The second kappa shape index (κ2) is 6.42. The largest absolute Gasteiger partial charge is 0.321 e. The third-order valence-corrected chi connectivity index (χ3v) is 6.27. The van der Waals surface area contributed by atoms with E-state index >= 15 is 0 Å². The van der Waals surface area contributed by atoms with Gasteiger partial charge in [-0.15, -0.1) is 0 Å². The van der Waals surface area contributed by atoms with Crippen LogP contribution in [0.15, 0.2) is 18.2 Å². The maximum atomic E-state index is 12.7. The van der Waals surface area contributed by atoms with Crippen LogP contribution in [-0.2, 0) is 29.3 Å². The average molecular weight is 374 g/mol. The summed E-state index contributed by atoms with van der Waals surface area (Å²) < 4.78 is 25.5. The van der Waals surface area contributed by atoms with Crippen molar-refractivity contribution in [2.75, 3.05) is 22.4 Å². The minimum Gasteiger partial charge on any atom is -0.321 e. The summed E-state index contributed by atoms with van der Waals surface area (Å²) >= 11 is 0. The summed E-state index contributed by atoms with van der Waals surface area (Å²) in [7, 11) is -3.34. The molecule has 2 N–H and O–H groups in total. The Bertz CT molecular complexity index is 965. The average Bonchev–Trinajstić information content (AvgIpc) is 3.04. The molecule has 2 aliphatic rings. The van der Waals surface area contributed by atoms with Crippen molar-refractivity contribution < 1.29 is 13.2 Å². The van der Waals surface area contributed by atoms with Gasteiger partial charge in [0.1, 0.15) is 0 Å². The number of hydrogen-bond donors (Lipinski definition) is 2. The maximum Gasteiger partial charge on any atom is 0.276 e. The summed E-state index contributed by atoms with van der Waals surface area (Å²) in [6.45, 7) is 0.468. The summed E-state index contributed by atoms with van der Waals surface area (Å²) in [6.07, 6.45) is 6.81. The van der Waals surface area contributed by atoms with Crippen LogP contribution in [0, 0.1) is 0 Å². The van der Waals surface area contributed by atoms with Crippen molar-refractivity contribution in [1.82, 2.24) is 10.2 Å². The molecular formula is C18H22N4O3S. The highest BCUT2D eigenvalue weighted by atomic mass is 32.2. The lowest BCUT2D eigenvalue weighted by molar-refractivity contribution is 0.102. The molecule has 1 amide bonds. The van der Waals surface area contributed by atoms with Gasteiger partial charge in [-0.1, -0.05) is 6.07 Å². The lowest BCUT2D eigenvalue weighted by atomic mass is 9.95. The summed E-state index contributed by atoms with van der Waals surface area (Å²) in [5.74, 6) is -0.258. The predicted molar refractivity (Wildman–Crippen MR) is 100 cm³/mol. The van der Waals surface area contributed by atoms with E-state index in [9.17, 15) is 13.2 Å². The number of rotatable bonds is 3. The van der Waals surface area contributed by atoms with E-state index in [1.807, 2.05) is 12.1 Å². The molecule has 0 radical (unpaired) electrons. The van der Waals surface area contributed by atoms with E-state index in [0.29, 0.717) is 23.6 Å². The van der Waals surface area contributed by atoms with Crippen LogP contribution in [-0.4, -0.2) is 37.3 Å². The van der Waals surface area contributed by atoms with Gasteiger partial charge in [0.05, 0.1) is 11.9 Å². The molecule has 1 aromatic carbocycles. The number of aryl methyl sites for hydroxylation is 2. The van der Waals surface area contributed by atoms with Crippen LogP contribution in [0.4, 0.5) is 11.4 Å². The molecule has 0 saturated heterocycles. The fraction of sp³-hybridized carbons (Fsp3) is 0.444. The molecule has 0 atom stereocenters. The zero-order chi connectivity index (χ0) is 18.3. The minimum absolute atomic E-state index is 0.258. The molecule has 0 spiro atoms. The van der Waals surface area contributed by atoms with Crippen LogP contribution < -0.4 is 9.62 Å². The van der Waals surface area contributed by atoms with E-state index in [2.05, 4.69) is 15.5 Å². The van der Waals surface area contributed by atoms with E-state index in [4.69, 9.17) is 0 Å². The smallest absolute Gasteiger partial charge is 0.276 e. The normalized spacial score (nSPS) is 16.7. The number of nitrogens with zero attached hydrogens (tertiary/aromatic N) is 2. The molecule has 26 heavy (non-hydrogen) atoms. The topological polar surface area (TPSA) is 95.2 Å². The van der Waals surface area contributed by atoms with Crippen LogP contribution in [0.25, 0.3) is 0 Å². The Morgan fingerprint density at radius 3 is 2.81 bits per heavy atom. The van der Waals surface area contributed by atoms with Crippen LogP contribution in [0.3, 0.4) is 0 Å². The molecule has 8 heteroatoms. The third-order valence-electron chi connectivity index (χ3n) is 5.09. The first kappa shape index (κ1) is 17.1. The molecule has 0 bridgehead atoms. The third kappa shape index (κ3) is 3.09. The second-order valence-corrected chi connectivity index (χ2v) is 8.88. The van der Waals surface area contributed by atoms with Gasteiger partial charge in [0, 0.05) is 23.5 Å². The van der Waals surface area contributed by atoms with E-state index in [1.54, 1.807) is 6.07 Å². The number of hydrogen-bond acceptors (Lipinski definition) is 4. The molecule has 0 unspecified atom stereocenters. The first-order valence-corrected chi connectivity index (χ1v) is 10.8. The Morgan fingerprint density at radius 2 is 2.00 bits per heavy atom.